The second-order valence-electron chi connectivity index (χ2n) is 4.66. The van der Waals surface area contributed by atoms with E-state index in [1.807, 2.05) is 0 Å². The van der Waals surface area contributed by atoms with Crippen LogP contribution in [-0.2, 0) is 9.53 Å². The second kappa shape index (κ2) is 6.52. The van der Waals surface area contributed by atoms with Gasteiger partial charge in [-0.25, -0.2) is 0 Å². The van der Waals surface area contributed by atoms with Gasteiger partial charge < -0.3 is 20.7 Å². The SMILES string of the molecule is CC(Nc1c(Cl)cc(N)cc1Cl)C(=O)N1CCOCC1. The van der Waals surface area contributed by atoms with Crippen LogP contribution in [0.5, 0.6) is 0 Å². The molecule has 20 heavy (non-hydrogen) atoms. The molecule has 1 heterocycles. The van der Waals surface area contributed by atoms with Crippen LogP contribution in [0.25, 0.3) is 0 Å². The maximum absolute atomic E-state index is 12.3. The Morgan fingerprint density at radius 3 is 2.45 bits per heavy atom. The van der Waals surface area contributed by atoms with Gasteiger partial charge in [-0.05, 0) is 19.1 Å². The fraction of sp³-hybridized carbons (Fsp3) is 0.462. The van der Waals surface area contributed by atoms with Crippen LogP contribution in [-0.4, -0.2) is 43.2 Å². The molecule has 1 aromatic rings. The minimum Gasteiger partial charge on any atom is -0.399 e. The molecular formula is C13H17Cl2N3O2. The number of rotatable bonds is 3. The molecule has 3 N–H and O–H groups in total. The zero-order chi connectivity index (χ0) is 14.7. The number of nitrogens with two attached hydrogens (primary N) is 1. The van der Waals surface area contributed by atoms with Gasteiger partial charge in [0, 0.05) is 18.8 Å². The first kappa shape index (κ1) is 15.2. The third kappa shape index (κ3) is 3.48. The van der Waals surface area contributed by atoms with E-state index in [9.17, 15) is 4.79 Å². The fourth-order valence-electron chi connectivity index (χ4n) is 2.07. The Labute approximate surface area is 128 Å². The Kier molecular flexibility index (Phi) is 4.96. The van der Waals surface area contributed by atoms with E-state index in [-0.39, 0.29) is 5.91 Å². The van der Waals surface area contributed by atoms with Gasteiger partial charge in [-0.3, -0.25) is 4.79 Å². The molecule has 110 valence electrons. The van der Waals surface area contributed by atoms with Gasteiger partial charge in [0.25, 0.3) is 0 Å². The number of morpholine rings is 1. The molecule has 0 saturated carbocycles. The molecule has 0 aromatic heterocycles. The fourth-order valence-corrected chi connectivity index (χ4v) is 2.68. The van der Waals surface area contributed by atoms with E-state index in [0.29, 0.717) is 47.7 Å². The molecule has 1 aromatic carbocycles. The Bertz CT molecular complexity index is 481. The summed E-state index contributed by atoms with van der Waals surface area (Å²) in [5, 5.41) is 3.85. The average molecular weight is 318 g/mol. The van der Waals surface area contributed by atoms with Gasteiger partial charge >= 0.3 is 0 Å². The zero-order valence-electron chi connectivity index (χ0n) is 11.2. The number of nitrogens with zero attached hydrogens (tertiary/aromatic N) is 1. The summed E-state index contributed by atoms with van der Waals surface area (Å²) in [4.78, 5) is 14.1. The lowest BCUT2D eigenvalue weighted by molar-refractivity contribution is -0.135. The minimum atomic E-state index is -0.424. The molecule has 1 aliphatic rings. The molecule has 0 aliphatic carbocycles. The third-order valence-corrected chi connectivity index (χ3v) is 3.71. The van der Waals surface area contributed by atoms with Crippen molar-refractivity contribution in [2.45, 2.75) is 13.0 Å². The van der Waals surface area contributed by atoms with Crippen molar-refractivity contribution < 1.29 is 9.53 Å². The standard InChI is InChI=1S/C13H17Cl2N3O2/c1-8(13(19)18-2-4-20-5-3-18)17-12-10(14)6-9(16)7-11(12)15/h6-8,17H,2-5,16H2,1H3. The molecule has 0 radical (unpaired) electrons. The number of benzene rings is 1. The summed E-state index contributed by atoms with van der Waals surface area (Å²) < 4.78 is 5.23. The monoisotopic (exact) mass is 317 g/mol. The number of amides is 1. The highest BCUT2D eigenvalue weighted by Gasteiger charge is 2.23. The van der Waals surface area contributed by atoms with Crippen LogP contribution < -0.4 is 11.1 Å². The lowest BCUT2D eigenvalue weighted by Gasteiger charge is -2.30. The van der Waals surface area contributed by atoms with E-state index in [4.69, 9.17) is 33.7 Å². The first-order chi connectivity index (χ1) is 9.49. The Morgan fingerprint density at radius 1 is 1.35 bits per heavy atom. The number of halogens is 2. The highest BCUT2D eigenvalue weighted by Crippen LogP contribution is 2.33. The van der Waals surface area contributed by atoms with E-state index in [0.717, 1.165) is 0 Å². The summed E-state index contributed by atoms with van der Waals surface area (Å²) in [6.07, 6.45) is 0. The van der Waals surface area contributed by atoms with Crippen molar-refractivity contribution in [3.63, 3.8) is 0 Å². The number of carbonyl (C=O) groups excluding carboxylic acids is 1. The summed E-state index contributed by atoms with van der Waals surface area (Å²) in [7, 11) is 0. The maximum atomic E-state index is 12.3. The molecule has 1 amide bonds. The van der Waals surface area contributed by atoms with Crippen LogP contribution in [0.1, 0.15) is 6.92 Å². The van der Waals surface area contributed by atoms with Crippen LogP contribution in [0.2, 0.25) is 10.0 Å². The molecule has 1 aliphatic heterocycles. The van der Waals surface area contributed by atoms with Gasteiger partial charge in [0.2, 0.25) is 5.91 Å². The third-order valence-electron chi connectivity index (χ3n) is 3.12. The number of hydrogen-bond donors (Lipinski definition) is 2. The summed E-state index contributed by atoms with van der Waals surface area (Å²) in [5.74, 6) is -0.00254. The van der Waals surface area contributed by atoms with Crippen molar-refractivity contribution in [3.05, 3.63) is 22.2 Å². The number of carbonyl (C=O) groups is 1. The minimum absolute atomic E-state index is 0.00254. The number of anilines is 2. The van der Waals surface area contributed by atoms with Crippen molar-refractivity contribution >= 4 is 40.5 Å². The van der Waals surface area contributed by atoms with E-state index in [1.165, 1.54) is 0 Å². The highest BCUT2D eigenvalue weighted by atomic mass is 35.5. The molecule has 1 atom stereocenters. The van der Waals surface area contributed by atoms with Gasteiger partial charge in [-0.15, -0.1) is 0 Å². The predicted molar refractivity (Wildman–Crippen MR) is 81.4 cm³/mol. The van der Waals surface area contributed by atoms with Crippen LogP contribution in [0.3, 0.4) is 0 Å². The number of nitrogen functional groups attached to an aromatic ring is 1. The molecule has 1 unspecified atom stereocenters. The summed E-state index contributed by atoms with van der Waals surface area (Å²) >= 11 is 12.2. The molecule has 0 bridgehead atoms. The average Bonchev–Trinajstić information content (AvgIpc) is 2.42. The quantitative estimate of drug-likeness (QED) is 0.839. The smallest absolute Gasteiger partial charge is 0.244 e. The molecule has 5 nitrogen and oxygen atoms in total. The van der Waals surface area contributed by atoms with Gasteiger partial charge in [-0.1, -0.05) is 23.2 Å². The van der Waals surface area contributed by atoms with E-state index in [1.54, 1.807) is 24.0 Å². The lowest BCUT2D eigenvalue weighted by atomic mass is 10.2. The van der Waals surface area contributed by atoms with Crippen molar-refractivity contribution in [3.8, 4) is 0 Å². The predicted octanol–water partition coefficient (Wildman–Crippen LogP) is 2.23. The lowest BCUT2D eigenvalue weighted by Crippen LogP contribution is -2.47. The van der Waals surface area contributed by atoms with Crippen molar-refractivity contribution in [2.24, 2.45) is 0 Å². The summed E-state index contributed by atoms with van der Waals surface area (Å²) in [5.41, 5.74) is 6.66. The molecule has 2 rings (SSSR count). The molecule has 7 heteroatoms. The number of hydrogen-bond acceptors (Lipinski definition) is 4. The Hall–Kier alpha value is -1.17. The van der Waals surface area contributed by atoms with Crippen LogP contribution in [0.4, 0.5) is 11.4 Å². The largest absolute Gasteiger partial charge is 0.399 e. The van der Waals surface area contributed by atoms with E-state index in [2.05, 4.69) is 5.32 Å². The van der Waals surface area contributed by atoms with Gasteiger partial charge in [0.05, 0.1) is 28.9 Å². The number of nitrogens with one attached hydrogen (secondary N) is 1. The summed E-state index contributed by atoms with van der Waals surface area (Å²) in [6, 6.07) is 2.77. The highest BCUT2D eigenvalue weighted by molar-refractivity contribution is 6.39. The topological polar surface area (TPSA) is 67.6 Å². The maximum Gasteiger partial charge on any atom is 0.244 e. The van der Waals surface area contributed by atoms with E-state index >= 15 is 0 Å². The second-order valence-corrected chi connectivity index (χ2v) is 5.48. The summed E-state index contributed by atoms with van der Waals surface area (Å²) in [6.45, 7) is 4.13. The molecular weight excluding hydrogens is 301 g/mol. The number of ether oxygens (including phenoxy) is 1. The first-order valence-electron chi connectivity index (χ1n) is 6.36. The van der Waals surface area contributed by atoms with Crippen LogP contribution in [0.15, 0.2) is 12.1 Å². The zero-order valence-corrected chi connectivity index (χ0v) is 12.7. The van der Waals surface area contributed by atoms with E-state index < -0.39 is 6.04 Å². The first-order valence-corrected chi connectivity index (χ1v) is 7.12. The van der Waals surface area contributed by atoms with Crippen molar-refractivity contribution in [2.75, 3.05) is 37.4 Å². The Balaban J connectivity index is 2.07. The molecule has 1 fully saturated rings. The van der Waals surface area contributed by atoms with Crippen molar-refractivity contribution in [1.29, 1.82) is 0 Å². The van der Waals surface area contributed by atoms with Gasteiger partial charge in [0.15, 0.2) is 0 Å². The van der Waals surface area contributed by atoms with Crippen molar-refractivity contribution in [1.82, 2.24) is 4.90 Å². The van der Waals surface area contributed by atoms with Gasteiger partial charge in [-0.2, -0.15) is 0 Å². The molecule has 0 spiro atoms. The normalized spacial score (nSPS) is 16.9. The van der Waals surface area contributed by atoms with Crippen LogP contribution in [0, 0.1) is 0 Å². The van der Waals surface area contributed by atoms with Gasteiger partial charge in [0.1, 0.15) is 6.04 Å². The molecule has 1 saturated heterocycles. The van der Waals surface area contributed by atoms with Crippen LogP contribution >= 0.6 is 23.2 Å². The Morgan fingerprint density at radius 2 is 1.90 bits per heavy atom.